The number of rotatable bonds is 7. The summed E-state index contributed by atoms with van der Waals surface area (Å²) >= 11 is 0. The number of allylic oxidation sites excluding steroid dienone is 1. The van der Waals surface area contributed by atoms with Crippen LogP contribution >= 0.6 is 0 Å². The Labute approximate surface area is 134 Å². The minimum Gasteiger partial charge on any atom is -0.497 e. The highest BCUT2D eigenvalue weighted by Crippen LogP contribution is 2.23. The molecule has 0 aromatic heterocycles. The molecule has 1 aliphatic rings. The predicted octanol–water partition coefficient (Wildman–Crippen LogP) is 3.83. The van der Waals surface area contributed by atoms with Crippen LogP contribution in [0.3, 0.4) is 0 Å². The van der Waals surface area contributed by atoms with Crippen LogP contribution in [0.25, 0.3) is 0 Å². The third kappa shape index (κ3) is 4.90. The molecular formula is C19H27NO2. The molecule has 1 heterocycles. The topological polar surface area (TPSA) is 29.5 Å². The first kappa shape index (κ1) is 16.6. The molecular weight excluding hydrogens is 274 g/mol. The number of hydrogen-bond donors (Lipinski definition) is 0. The lowest BCUT2D eigenvalue weighted by Gasteiger charge is -2.33. The molecule has 0 saturated carbocycles. The highest BCUT2D eigenvalue weighted by atomic mass is 16.5. The van der Waals surface area contributed by atoms with E-state index in [1.165, 1.54) is 12.0 Å². The van der Waals surface area contributed by atoms with Crippen molar-refractivity contribution in [1.29, 1.82) is 0 Å². The number of ether oxygens (including phenoxy) is 1. The number of benzene rings is 1. The number of methoxy groups -OCH3 is 1. The van der Waals surface area contributed by atoms with Crippen molar-refractivity contribution in [2.75, 3.05) is 20.2 Å². The lowest BCUT2D eigenvalue weighted by atomic mass is 9.91. The standard InChI is InChI=1S/C19H27NO2/c1-3-4-10-19(21)20-13-6-8-17(15-20)12-11-16-7-5-9-18(14-16)22-2/h3,5,7,9,14,17H,1,4,6,8,10-13,15H2,2H3/t17-/m0/s1. The van der Waals surface area contributed by atoms with Crippen molar-refractivity contribution < 1.29 is 9.53 Å². The van der Waals surface area contributed by atoms with E-state index in [4.69, 9.17) is 4.74 Å². The van der Waals surface area contributed by atoms with Gasteiger partial charge >= 0.3 is 0 Å². The molecule has 3 heteroatoms. The number of aryl methyl sites for hydroxylation is 1. The molecule has 1 atom stereocenters. The maximum absolute atomic E-state index is 12.1. The molecule has 1 aliphatic heterocycles. The molecule has 1 aromatic carbocycles. The first-order chi connectivity index (χ1) is 10.7. The fourth-order valence-electron chi connectivity index (χ4n) is 3.11. The van der Waals surface area contributed by atoms with Crippen LogP contribution in [0.1, 0.15) is 37.7 Å². The summed E-state index contributed by atoms with van der Waals surface area (Å²) in [6, 6.07) is 8.28. The van der Waals surface area contributed by atoms with Gasteiger partial charge in [0.05, 0.1) is 7.11 Å². The largest absolute Gasteiger partial charge is 0.497 e. The monoisotopic (exact) mass is 301 g/mol. The van der Waals surface area contributed by atoms with Gasteiger partial charge in [-0.2, -0.15) is 0 Å². The van der Waals surface area contributed by atoms with Gasteiger partial charge in [0, 0.05) is 19.5 Å². The molecule has 3 nitrogen and oxygen atoms in total. The van der Waals surface area contributed by atoms with E-state index in [1.807, 2.05) is 23.1 Å². The summed E-state index contributed by atoms with van der Waals surface area (Å²) in [5, 5.41) is 0. The minimum atomic E-state index is 0.283. The summed E-state index contributed by atoms with van der Waals surface area (Å²) in [4.78, 5) is 14.2. The molecule has 120 valence electrons. The van der Waals surface area contributed by atoms with Crippen LogP contribution in [-0.4, -0.2) is 31.0 Å². The highest BCUT2D eigenvalue weighted by molar-refractivity contribution is 5.76. The first-order valence-corrected chi connectivity index (χ1v) is 8.24. The van der Waals surface area contributed by atoms with Crippen LogP contribution < -0.4 is 4.74 Å². The quantitative estimate of drug-likeness (QED) is 0.716. The van der Waals surface area contributed by atoms with E-state index in [1.54, 1.807) is 7.11 Å². The van der Waals surface area contributed by atoms with Crippen molar-refractivity contribution in [2.24, 2.45) is 5.92 Å². The van der Waals surface area contributed by atoms with E-state index in [2.05, 4.69) is 18.7 Å². The van der Waals surface area contributed by atoms with Gasteiger partial charge in [0.2, 0.25) is 5.91 Å². The molecule has 1 amide bonds. The fourth-order valence-corrected chi connectivity index (χ4v) is 3.11. The van der Waals surface area contributed by atoms with Gasteiger partial charge in [-0.05, 0) is 55.7 Å². The maximum Gasteiger partial charge on any atom is 0.222 e. The molecule has 0 N–H and O–H groups in total. The Balaban J connectivity index is 1.82. The number of carbonyl (C=O) groups excluding carboxylic acids is 1. The summed E-state index contributed by atoms with van der Waals surface area (Å²) in [6.45, 7) is 5.53. The third-order valence-electron chi connectivity index (χ3n) is 4.41. The Bertz CT molecular complexity index is 498. The molecule has 2 rings (SSSR count). The lowest BCUT2D eigenvalue weighted by molar-refractivity contribution is -0.132. The summed E-state index contributed by atoms with van der Waals surface area (Å²) < 4.78 is 5.27. The van der Waals surface area contributed by atoms with Crippen LogP contribution in [0, 0.1) is 5.92 Å². The van der Waals surface area contributed by atoms with Crippen molar-refractivity contribution in [3.05, 3.63) is 42.5 Å². The average Bonchev–Trinajstić information content (AvgIpc) is 2.58. The van der Waals surface area contributed by atoms with Crippen LogP contribution in [0.5, 0.6) is 5.75 Å². The number of likely N-dealkylation sites (tertiary alicyclic amines) is 1. The highest BCUT2D eigenvalue weighted by Gasteiger charge is 2.22. The maximum atomic E-state index is 12.1. The number of hydrogen-bond acceptors (Lipinski definition) is 2. The molecule has 22 heavy (non-hydrogen) atoms. The molecule has 1 saturated heterocycles. The van der Waals surface area contributed by atoms with Crippen molar-refractivity contribution >= 4 is 5.91 Å². The van der Waals surface area contributed by atoms with Gasteiger partial charge < -0.3 is 9.64 Å². The van der Waals surface area contributed by atoms with E-state index < -0.39 is 0 Å². The van der Waals surface area contributed by atoms with Crippen LogP contribution in [0.2, 0.25) is 0 Å². The van der Waals surface area contributed by atoms with Gasteiger partial charge in [-0.15, -0.1) is 6.58 Å². The summed E-state index contributed by atoms with van der Waals surface area (Å²) in [5.74, 6) is 1.82. The van der Waals surface area contributed by atoms with E-state index in [9.17, 15) is 4.79 Å². The number of piperidine rings is 1. The van der Waals surface area contributed by atoms with Crippen molar-refractivity contribution in [2.45, 2.75) is 38.5 Å². The van der Waals surface area contributed by atoms with E-state index >= 15 is 0 Å². The van der Waals surface area contributed by atoms with Crippen LogP contribution in [0.4, 0.5) is 0 Å². The smallest absolute Gasteiger partial charge is 0.222 e. The zero-order valence-electron chi connectivity index (χ0n) is 13.6. The second-order valence-corrected chi connectivity index (χ2v) is 6.07. The molecule has 0 spiro atoms. The van der Waals surface area contributed by atoms with Gasteiger partial charge in [-0.25, -0.2) is 0 Å². The Morgan fingerprint density at radius 2 is 2.36 bits per heavy atom. The Hall–Kier alpha value is -1.77. The summed E-state index contributed by atoms with van der Waals surface area (Å²) in [5.41, 5.74) is 1.31. The molecule has 0 radical (unpaired) electrons. The number of nitrogens with zero attached hydrogens (tertiary/aromatic N) is 1. The van der Waals surface area contributed by atoms with E-state index in [0.29, 0.717) is 12.3 Å². The van der Waals surface area contributed by atoms with Crippen LogP contribution in [0.15, 0.2) is 36.9 Å². The Kier molecular flexibility index (Phi) is 6.50. The molecule has 1 fully saturated rings. The second-order valence-electron chi connectivity index (χ2n) is 6.07. The van der Waals surface area contributed by atoms with Gasteiger partial charge in [-0.3, -0.25) is 4.79 Å². The molecule has 0 unspecified atom stereocenters. The minimum absolute atomic E-state index is 0.283. The average molecular weight is 301 g/mol. The normalized spacial score (nSPS) is 18.0. The van der Waals surface area contributed by atoms with Crippen molar-refractivity contribution in [3.8, 4) is 5.75 Å². The van der Waals surface area contributed by atoms with Gasteiger partial charge in [-0.1, -0.05) is 18.2 Å². The van der Waals surface area contributed by atoms with E-state index in [-0.39, 0.29) is 5.91 Å². The number of amides is 1. The molecule has 0 bridgehead atoms. The lowest BCUT2D eigenvalue weighted by Crippen LogP contribution is -2.39. The van der Waals surface area contributed by atoms with Gasteiger partial charge in [0.15, 0.2) is 0 Å². The molecule has 0 aliphatic carbocycles. The molecule has 1 aromatic rings. The van der Waals surface area contributed by atoms with Gasteiger partial charge in [0.1, 0.15) is 5.75 Å². The second kappa shape index (κ2) is 8.62. The third-order valence-corrected chi connectivity index (χ3v) is 4.41. The van der Waals surface area contributed by atoms with Crippen molar-refractivity contribution in [3.63, 3.8) is 0 Å². The van der Waals surface area contributed by atoms with Crippen molar-refractivity contribution in [1.82, 2.24) is 4.90 Å². The predicted molar refractivity (Wildman–Crippen MR) is 90.1 cm³/mol. The summed E-state index contributed by atoms with van der Waals surface area (Å²) in [7, 11) is 1.70. The summed E-state index contributed by atoms with van der Waals surface area (Å²) in [6.07, 6.45) is 7.75. The Morgan fingerprint density at radius 1 is 1.50 bits per heavy atom. The first-order valence-electron chi connectivity index (χ1n) is 8.24. The van der Waals surface area contributed by atoms with E-state index in [0.717, 1.165) is 44.5 Å². The fraction of sp³-hybridized carbons (Fsp3) is 0.526. The number of carbonyl (C=O) groups is 1. The van der Waals surface area contributed by atoms with Gasteiger partial charge in [0.25, 0.3) is 0 Å². The SMILES string of the molecule is C=CCCC(=O)N1CCC[C@@H](CCc2cccc(OC)c2)C1. The van der Waals surface area contributed by atoms with Crippen LogP contribution in [-0.2, 0) is 11.2 Å². The zero-order valence-corrected chi connectivity index (χ0v) is 13.6. The zero-order chi connectivity index (χ0) is 15.8. The Morgan fingerprint density at radius 3 is 3.14 bits per heavy atom.